The highest BCUT2D eigenvalue weighted by atomic mass is 16.1. The Kier molecular flexibility index (Phi) is 4.34. The van der Waals surface area contributed by atoms with Gasteiger partial charge in [-0.3, -0.25) is 4.79 Å². The quantitative estimate of drug-likeness (QED) is 0.886. The zero-order valence-electron chi connectivity index (χ0n) is 12.1. The summed E-state index contributed by atoms with van der Waals surface area (Å²) >= 11 is 0. The van der Waals surface area contributed by atoms with E-state index in [4.69, 9.17) is 0 Å². The predicted octanol–water partition coefficient (Wildman–Crippen LogP) is 3.00. The van der Waals surface area contributed by atoms with Gasteiger partial charge in [-0.2, -0.15) is 0 Å². The van der Waals surface area contributed by atoms with Gasteiger partial charge < -0.3 is 10.3 Å². The third-order valence-corrected chi connectivity index (χ3v) is 4.30. The lowest BCUT2D eigenvalue weighted by atomic mass is 9.84. The summed E-state index contributed by atoms with van der Waals surface area (Å²) in [5.74, 6) is 1.33. The molecule has 1 unspecified atom stereocenters. The van der Waals surface area contributed by atoms with Crippen molar-refractivity contribution in [1.29, 1.82) is 0 Å². The number of aromatic amines is 1. The minimum Gasteiger partial charge on any atom is -0.348 e. The largest absolute Gasteiger partial charge is 0.348 e. The molecule has 4 heteroatoms. The fourth-order valence-electron chi connectivity index (χ4n) is 3.26. The van der Waals surface area contributed by atoms with Crippen LogP contribution in [-0.2, 0) is 11.3 Å². The van der Waals surface area contributed by atoms with E-state index in [-0.39, 0.29) is 11.8 Å². The number of amides is 1. The van der Waals surface area contributed by atoms with Crippen LogP contribution in [0.3, 0.4) is 0 Å². The van der Waals surface area contributed by atoms with Crippen molar-refractivity contribution >= 4 is 5.91 Å². The molecule has 1 saturated carbocycles. The summed E-state index contributed by atoms with van der Waals surface area (Å²) in [5, 5.41) is 3.03. The van der Waals surface area contributed by atoms with Crippen LogP contribution in [0.2, 0.25) is 0 Å². The summed E-state index contributed by atoms with van der Waals surface area (Å²) in [4.78, 5) is 19.8. The van der Waals surface area contributed by atoms with E-state index in [2.05, 4.69) is 27.4 Å². The van der Waals surface area contributed by atoms with Gasteiger partial charge in [0.1, 0.15) is 5.82 Å². The first-order valence-electron chi connectivity index (χ1n) is 7.65. The summed E-state index contributed by atoms with van der Waals surface area (Å²) in [5.41, 5.74) is 1.13. The van der Waals surface area contributed by atoms with Gasteiger partial charge in [-0.1, -0.05) is 43.2 Å². The molecule has 1 heterocycles. The second kappa shape index (κ2) is 6.57. The lowest BCUT2D eigenvalue weighted by Gasteiger charge is -2.23. The highest BCUT2D eigenvalue weighted by molar-refractivity contribution is 5.84. The Morgan fingerprint density at radius 3 is 2.71 bits per heavy atom. The highest BCUT2D eigenvalue weighted by Gasteiger charge is 2.31. The molecule has 1 aliphatic carbocycles. The van der Waals surface area contributed by atoms with Gasteiger partial charge in [-0.05, 0) is 24.3 Å². The van der Waals surface area contributed by atoms with E-state index in [0.29, 0.717) is 12.5 Å². The van der Waals surface area contributed by atoms with Crippen molar-refractivity contribution in [3.05, 3.63) is 54.1 Å². The van der Waals surface area contributed by atoms with Crippen LogP contribution in [0.1, 0.15) is 43.0 Å². The van der Waals surface area contributed by atoms with Gasteiger partial charge in [0.2, 0.25) is 5.91 Å². The number of carbonyl (C=O) groups is 1. The Morgan fingerprint density at radius 2 is 2.05 bits per heavy atom. The average Bonchev–Trinajstić information content (AvgIpc) is 3.20. The number of rotatable bonds is 5. The highest BCUT2D eigenvalue weighted by Crippen LogP contribution is 2.37. The molecule has 0 radical (unpaired) electrons. The van der Waals surface area contributed by atoms with Gasteiger partial charge in [0.15, 0.2) is 0 Å². The van der Waals surface area contributed by atoms with Gasteiger partial charge in [0, 0.05) is 12.4 Å². The third-order valence-electron chi connectivity index (χ3n) is 4.30. The Morgan fingerprint density at radius 1 is 1.29 bits per heavy atom. The first-order valence-corrected chi connectivity index (χ1v) is 7.65. The van der Waals surface area contributed by atoms with Crippen molar-refractivity contribution in [2.75, 3.05) is 0 Å². The Bertz CT molecular complexity index is 559. The van der Waals surface area contributed by atoms with Crippen LogP contribution in [0.15, 0.2) is 42.7 Å². The molecule has 1 aromatic carbocycles. The number of imidazole rings is 1. The zero-order valence-corrected chi connectivity index (χ0v) is 12.1. The molecule has 1 amide bonds. The second-order valence-electron chi connectivity index (χ2n) is 5.69. The molecule has 4 nitrogen and oxygen atoms in total. The van der Waals surface area contributed by atoms with Crippen LogP contribution in [0, 0.1) is 5.92 Å². The number of H-pyrrole nitrogens is 1. The van der Waals surface area contributed by atoms with E-state index in [1.807, 2.05) is 18.2 Å². The topological polar surface area (TPSA) is 57.8 Å². The Balaban J connectivity index is 1.73. The number of carbonyl (C=O) groups excluding carboxylic acids is 1. The van der Waals surface area contributed by atoms with Crippen molar-refractivity contribution in [2.45, 2.75) is 38.1 Å². The summed E-state index contributed by atoms with van der Waals surface area (Å²) in [6, 6.07) is 10.1. The van der Waals surface area contributed by atoms with Gasteiger partial charge >= 0.3 is 0 Å². The normalized spacial score (nSPS) is 16.8. The number of aromatic nitrogens is 2. The molecule has 1 aromatic heterocycles. The summed E-state index contributed by atoms with van der Waals surface area (Å²) in [6.07, 6.45) is 8.24. The molecule has 1 fully saturated rings. The fraction of sp³-hybridized carbons (Fsp3) is 0.412. The molecule has 1 atom stereocenters. The molecule has 110 valence electrons. The maximum Gasteiger partial charge on any atom is 0.228 e. The number of hydrogen-bond donors (Lipinski definition) is 2. The minimum absolute atomic E-state index is 0.0383. The van der Waals surface area contributed by atoms with Crippen LogP contribution in [0.4, 0.5) is 0 Å². The Hall–Kier alpha value is -2.10. The van der Waals surface area contributed by atoms with E-state index in [1.54, 1.807) is 12.4 Å². The number of nitrogens with zero attached hydrogens (tertiary/aromatic N) is 1. The molecular weight excluding hydrogens is 262 g/mol. The molecule has 2 N–H and O–H groups in total. The number of nitrogens with one attached hydrogen (secondary N) is 2. The summed E-state index contributed by atoms with van der Waals surface area (Å²) < 4.78 is 0. The van der Waals surface area contributed by atoms with Crippen LogP contribution in [0.5, 0.6) is 0 Å². The van der Waals surface area contributed by atoms with Crippen LogP contribution in [-0.4, -0.2) is 15.9 Å². The van der Waals surface area contributed by atoms with Gasteiger partial charge in [-0.25, -0.2) is 4.98 Å². The average molecular weight is 283 g/mol. The van der Waals surface area contributed by atoms with E-state index in [0.717, 1.165) is 24.2 Å². The van der Waals surface area contributed by atoms with Crippen molar-refractivity contribution in [1.82, 2.24) is 15.3 Å². The van der Waals surface area contributed by atoms with Crippen LogP contribution >= 0.6 is 0 Å². The van der Waals surface area contributed by atoms with Gasteiger partial charge in [-0.15, -0.1) is 0 Å². The first kappa shape index (κ1) is 13.9. The van der Waals surface area contributed by atoms with E-state index in [9.17, 15) is 4.79 Å². The maximum atomic E-state index is 12.7. The standard InChI is InChI=1S/C17H21N3O/c21-17(20-12-15-18-10-11-19-15)16(14-8-4-5-9-14)13-6-2-1-3-7-13/h1-3,6-7,10-11,14,16H,4-5,8-9,12H2,(H,18,19)(H,20,21). The molecule has 21 heavy (non-hydrogen) atoms. The van der Waals surface area contributed by atoms with Crippen molar-refractivity contribution < 1.29 is 4.79 Å². The van der Waals surface area contributed by atoms with Crippen LogP contribution < -0.4 is 5.32 Å². The van der Waals surface area contributed by atoms with Gasteiger partial charge in [0.25, 0.3) is 0 Å². The predicted molar refractivity (Wildman–Crippen MR) is 81.6 cm³/mol. The molecule has 1 aliphatic rings. The lowest BCUT2D eigenvalue weighted by Crippen LogP contribution is -2.32. The maximum absolute atomic E-state index is 12.7. The van der Waals surface area contributed by atoms with E-state index >= 15 is 0 Å². The third kappa shape index (κ3) is 3.32. The van der Waals surface area contributed by atoms with E-state index < -0.39 is 0 Å². The van der Waals surface area contributed by atoms with Crippen molar-refractivity contribution in [3.63, 3.8) is 0 Å². The minimum atomic E-state index is -0.0383. The van der Waals surface area contributed by atoms with Crippen molar-refractivity contribution in [2.24, 2.45) is 5.92 Å². The molecule has 0 aliphatic heterocycles. The Labute approximate surface area is 125 Å². The molecule has 0 bridgehead atoms. The van der Waals surface area contributed by atoms with E-state index in [1.165, 1.54) is 12.8 Å². The SMILES string of the molecule is O=C(NCc1ncc[nH]1)C(c1ccccc1)C1CCCC1. The zero-order chi connectivity index (χ0) is 14.5. The monoisotopic (exact) mass is 283 g/mol. The fourth-order valence-corrected chi connectivity index (χ4v) is 3.26. The lowest BCUT2D eigenvalue weighted by molar-refractivity contribution is -0.124. The smallest absolute Gasteiger partial charge is 0.228 e. The molecule has 0 saturated heterocycles. The van der Waals surface area contributed by atoms with Crippen molar-refractivity contribution in [3.8, 4) is 0 Å². The molecule has 2 aromatic rings. The molecule has 0 spiro atoms. The second-order valence-corrected chi connectivity index (χ2v) is 5.69. The van der Waals surface area contributed by atoms with Gasteiger partial charge in [0.05, 0.1) is 12.5 Å². The van der Waals surface area contributed by atoms with Crippen LogP contribution in [0.25, 0.3) is 0 Å². The summed E-state index contributed by atoms with van der Waals surface area (Å²) in [7, 11) is 0. The number of hydrogen-bond acceptors (Lipinski definition) is 2. The molecular formula is C17H21N3O. The number of benzene rings is 1. The first-order chi connectivity index (χ1) is 10.3. The molecule has 3 rings (SSSR count). The summed E-state index contributed by atoms with van der Waals surface area (Å²) in [6.45, 7) is 0.460.